The summed E-state index contributed by atoms with van der Waals surface area (Å²) in [4.78, 5) is 25.3. The molecular weight excluding hydrogens is 792 g/mol. The first-order chi connectivity index (χ1) is 30.0. The molecule has 0 rings (SSSR count). The number of likely N-dealkylation sites (N-methyl/N-ethyl adjacent to an activating group) is 1. The number of carbonyl (C=O) groups is 1. The van der Waals surface area contributed by atoms with Gasteiger partial charge in [0.25, 0.3) is 7.82 Å². The molecule has 0 radical (unpaired) electrons. The van der Waals surface area contributed by atoms with Crippen molar-refractivity contribution in [3.8, 4) is 0 Å². The number of unbranched alkanes of at least 4 members (excludes halogenated alkanes) is 26. The van der Waals surface area contributed by atoms with Crippen molar-refractivity contribution in [2.75, 3.05) is 40.9 Å². The molecule has 0 aromatic rings. The largest absolute Gasteiger partial charge is 0.756 e. The third kappa shape index (κ3) is 46.5. The van der Waals surface area contributed by atoms with E-state index in [0.717, 1.165) is 44.9 Å². The minimum atomic E-state index is -4.59. The molecule has 0 bridgehead atoms. The quantitative estimate of drug-likeness (QED) is 0.0273. The molecule has 0 aliphatic rings. The van der Waals surface area contributed by atoms with Crippen molar-refractivity contribution in [2.24, 2.45) is 0 Å². The highest BCUT2D eigenvalue weighted by Crippen LogP contribution is 2.38. The number of aliphatic hydroxyl groups is 1. The number of quaternary nitrogens is 1. The van der Waals surface area contributed by atoms with Crippen molar-refractivity contribution in [2.45, 2.75) is 244 Å². The summed E-state index contributed by atoms with van der Waals surface area (Å²) in [6.07, 6.45) is 57.4. The topological polar surface area (TPSA) is 108 Å². The Hall–Kier alpha value is -1.54. The predicted molar refractivity (Wildman–Crippen MR) is 265 cm³/mol. The molecule has 0 fully saturated rings. The lowest BCUT2D eigenvalue weighted by Crippen LogP contribution is -2.46. The second-order valence-electron chi connectivity index (χ2n) is 18.9. The number of carbonyl (C=O) groups excluding carboxylic acids is 1. The number of aliphatic hydroxyl groups excluding tert-OH is 1. The molecule has 0 aromatic carbocycles. The van der Waals surface area contributed by atoms with E-state index in [1.807, 2.05) is 33.3 Å². The standard InChI is InChI=1S/C53H101N2O6P/c1-6-8-10-12-14-16-18-20-21-22-23-24-25-26-27-28-29-30-31-32-33-35-36-38-40-42-44-46-52(56)51(50-61-62(58,59)60-49-48-55(3,4)5)54-53(57)47-45-43-41-39-37-34-19-17-15-13-11-9-7-2/h9,11,15,17,34,37,41,43,51-52,56H,6-8,10,12-14,16,18-33,35-36,38-40,42,44-50H2,1-5H3,(H-,54,57,58,59)/b11-9-,17-15-,37-34-,43-41-. The van der Waals surface area contributed by atoms with E-state index >= 15 is 0 Å². The van der Waals surface area contributed by atoms with Gasteiger partial charge >= 0.3 is 0 Å². The van der Waals surface area contributed by atoms with Crippen LogP contribution in [-0.4, -0.2) is 68.5 Å². The first-order valence-corrected chi connectivity index (χ1v) is 27.4. The Morgan fingerprint density at radius 1 is 0.581 bits per heavy atom. The first-order valence-electron chi connectivity index (χ1n) is 26.0. The molecule has 8 nitrogen and oxygen atoms in total. The van der Waals surface area contributed by atoms with Crippen molar-refractivity contribution >= 4 is 13.7 Å². The summed E-state index contributed by atoms with van der Waals surface area (Å²) < 4.78 is 23.3. The molecule has 0 spiro atoms. The summed E-state index contributed by atoms with van der Waals surface area (Å²) in [7, 11) is 1.26. The fourth-order valence-electron chi connectivity index (χ4n) is 7.52. The smallest absolute Gasteiger partial charge is 0.268 e. The Balaban J connectivity index is 4.17. The third-order valence-corrected chi connectivity index (χ3v) is 12.6. The van der Waals surface area contributed by atoms with E-state index in [2.05, 4.69) is 55.6 Å². The van der Waals surface area contributed by atoms with Crippen LogP contribution in [0.2, 0.25) is 0 Å². The van der Waals surface area contributed by atoms with Gasteiger partial charge in [0.05, 0.1) is 39.9 Å². The second-order valence-corrected chi connectivity index (χ2v) is 20.3. The molecule has 9 heteroatoms. The van der Waals surface area contributed by atoms with Gasteiger partial charge in [0.15, 0.2) is 0 Å². The predicted octanol–water partition coefficient (Wildman–Crippen LogP) is 14.6. The maximum Gasteiger partial charge on any atom is 0.268 e. The first kappa shape index (κ1) is 60.5. The average Bonchev–Trinajstić information content (AvgIpc) is 3.23. The molecule has 62 heavy (non-hydrogen) atoms. The molecule has 0 saturated heterocycles. The molecule has 0 aromatic heterocycles. The minimum Gasteiger partial charge on any atom is -0.756 e. The third-order valence-electron chi connectivity index (χ3n) is 11.6. The van der Waals surface area contributed by atoms with E-state index in [9.17, 15) is 19.4 Å². The molecule has 364 valence electrons. The van der Waals surface area contributed by atoms with Gasteiger partial charge in [0.1, 0.15) is 13.2 Å². The normalized spacial score (nSPS) is 14.5. The number of amides is 1. The van der Waals surface area contributed by atoms with Gasteiger partial charge in [-0.2, -0.15) is 0 Å². The van der Waals surface area contributed by atoms with Gasteiger partial charge in [-0.3, -0.25) is 9.36 Å². The van der Waals surface area contributed by atoms with Crippen molar-refractivity contribution in [3.63, 3.8) is 0 Å². The zero-order valence-corrected chi connectivity index (χ0v) is 42.2. The van der Waals surface area contributed by atoms with Gasteiger partial charge in [-0.15, -0.1) is 0 Å². The monoisotopic (exact) mass is 893 g/mol. The lowest BCUT2D eigenvalue weighted by Gasteiger charge is -2.30. The van der Waals surface area contributed by atoms with E-state index in [4.69, 9.17) is 9.05 Å². The van der Waals surface area contributed by atoms with Crippen LogP contribution >= 0.6 is 7.82 Å². The van der Waals surface area contributed by atoms with Crippen LogP contribution in [0.1, 0.15) is 232 Å². The van der Waals surface area contributed by atoms with E-state index in [1.165, 1.54) is 154 Å². The van der Waals surface area contributed by atoms with Gasteiger partial charge in [0.2, 0.25) is 5.91 Å². The fourth-order valence-corrected chi connectivity index (χ4v) is 8.25. The van der Waals surface area contributed by atoms with Gasteiger partial charge in [0, 0.05) is 6.42 Å². The van der Waals surface area contributed by atoms with Crippen molar-refractivity contribution in [1.29, 1.82) is 0 Å². The number of hydrogen-bond donors (Lipinski definition) is 2. The molecule has 3 unspecified atom stereocenters. The van der Waals surface area contributed by atoms with Crippen LogP contribution in [0, 0.1) is 0 Å². The number of phosphoric acid groups is 1. The molecule has 3 atom stereocenters. The lowest BCUT2D eigenvalue weighted by molar-refractivity contribution is -0.870. The zero-order chi connectivity index (χ0) is 45.7. The van der Waals surface area contributed by atoms with E-state index in [-0.39, 0.29) is 25.5 Å². The summed E-state index contributed by atoms with van der Waals surface area (Å²) in [5.74, 6) is -0.244. The van der Waals surface area contributed by atoms with Crippen LogP contribution < -0.4 is 10.2 Å². The second kappa shape index (κ2) is 44.7. The Morgan fingerprint density at radius 3 is 1.34 bits per heavy atom. The summed E-state index contributed by atoms with van der Waals surface area (Å²) in [6, 6.07) is -0.840. The van der Waals surface area contributed by atoms with Crippen molar-refractivity contribution in [1.82, 2.24) is 5.32 Å². The van der Waals surface area contributed by atoms with Gasteiger partial charge < -0.3 is 28.8 Å². The SMILES string of the molecule is CC/C=C\C/C=C\C/C=C\C/C=C\CCC(=O)NC(COP(=O)([O-])OCC[N+](C)(C)C)C(O)CCCCCCCCCCCCCCCCCCCCCCCCCCCCC. The summed E-state index contributed by atoms with van der Waals surface area (Å²) >= 11 is 0. The van der Waals surface area contributed by atoms with Gasteiger partial charge in [-0.05, 0) is 38.5 Å². The molecule has 0 heterocycles. The van der Waals surface area contributed by atoms with Crippen LogP contribution in [0.3, 0.4) is 0 Å². The average molecular weight is 893 g/mol. The number of nitrogens with zero attached hydrogens (tertiary/aromatic N) is 1. The molecule has 2 N–H and O–H groups in total. The molecule has 0 aliphatic carbocycles. The number of nitrogens with one attached hydrogen (secondary N) is 1. The number of allylic oxidation sites excluding steroid dienone is 8. The molecular formula is C53H101N2O6P. The van der Waals surface area contributed by atoms with Crippen molar-refractivity contribution in [3.05, 3.63) is 48.6 Å². The highest BCUT2D eigenvalue weighted by atomic mass is 31.2. The molecule has 1 amide bonds. The maximum atomic E-state index is 12.8. The molecule has 0 saturated carbocycles. The Labute approximate surface area is 384 Å². The van der Waals surface area contributed by atoms with Gasteiger partial charge in [-0.25, -0.2) is 0 Å². The Kier molecular flexibility index (Phi) is 43.5. The van der Waals surface area contributed by atoms with Crippen LogP contribution in [0.4, 0.5) is 0 Å². The lowest BCUT2D eigenvalue weighted by atomic mass is 10.0. The minimum absolute atomic E-state index is 0.00165. The number of hydrogen-bond acceptors (Lipinski definition) is 6. The molecule has 0 aliphatic heterocycles. The number of phosphoric ester groups is 1. The van der Waals surface area contributed by atoms with E-state index in [1.54, 1.807) is 0 Å². The summed E-state index contributed by atoms with van der Waals surface area (Å²) in [5.41, 5.74) is 0. The highest BCUT2D eigenvalue weighted by Gasteiger charge is 2.24. The summed E-state index contributed by atoms with van der Waals surface area (Å²) in [5, 5.41) is 13.9. The van der Waals surface area contributed by atoms with Crippen molar-refractivity contribution < 1.29 is 32.9 Å². The van der Waals surface area contributed by atoms with Crippen LogP contribution in [0.5, 0.6) is 0 Å². The van der Waals surface area contributed by atoms with Crippen LogP contribution in [0.15, 0.2) is 48.6 Å². The number of rotatable bonds is 47. The highest BCUT2D eigenvalue weighted by molar-refractivity contribution is 7.45. The van der Waals surface area contributed by atoms with Gasteiger partial charge in [-0.1, -0.05) is 236 Å². The summed E-state index contributed by atoms with van der Waals surface area (Å²) in [6.45, 7) is 4.56. The zero-order valence-electron chi connectivity index (χ0n) is 41.3. The maximum absolute atomic E-state index is 12.8. The van der Waals surface area contributed by atoms with E-state index in [0.29, 0.717) is 23.9 Å². The Morgan fingerprint density at radius 2 is 0.952 bits per heavy atom. The van der Waals surface area contributed by atoms with E-state index < -0.39 is 20.0 Å². The fraction of sp³-hybridized carbons (Fsp3) is 0.830. The van der Waals surface area contributed by atoms with Crippen LogP contribution in [0.25, 0.3) is 0 Å². The Bertz CT molecular complexity index is 1150. The van der Waals surface area contributed by atoms with Crippen LogP contribution in [-0.2, 0) is 18.4 Å².